The fourth-order valence-corrected chi connectivity index (χ4v) is 5.43. The van der Waals surface area contributed by atoms with E-state index in [2.05, 4.69) is 12.2 Å². The molecule has 3 rings (SSSR count). The number of hydrogen-bond acceptors (Lipinski definition) is 3. The minimum absolute atomic E-state index is 0.0370. The summed E-state index contributed by atoms with van der Waals surface area (Å²) in [6.07, 6.45) is 4.39. The van der Waals surface area contributed by atoms with Gasteiger partial charge in [0.1, 0.15) is 10.7 Å². The summed E-state index contributed by atoms with van der Waals surface area (Å²) in [4.78, 5) is 13.1. The minimum Gasteiger partial charge on any atom is -0.348 e. The smallest absolute Gasteiger partial charge is 0.275 e. The Kier molecular flexibility index (Phi) is 6.49. The summed E-state index contributed by atoms with van der Waals surface area (Å²) in [5.41, 5.74) is 0. The van der Waals surface area contributed by atoms with Crippen LogP contribution in [-0.2, 0) is 14.8 Å². The largest absolute Gasteiger partial charge is 0.348 e. The van der Waals surface area contributed by atoms with Crippen molar-refractivity contribution in [1.29, 1.82) is 0 Å². The maximum atomic E-state index is 13.9. The second-order valence-electron chi connectivity index (χ2n) is 7.79. The average Bonchev–Trinajstić information content (AvgIpc) is 2.64. The Morgan fingerprint density at radius 1 is 1.19 bits per heavy atom. The zero-order valence-electron chi connectivity index (χ0n) is 15.8. The molecule has 0 atom stereocenters. The van der Waals surface area contributed by atoms with Gasteiger partial charge in [-0.1, -0.05) is 19.1 Å². The van der Waals surface area contributed by atoms with Crippen molar-refractivity contribution in [3.63, 3.8) is 0 Å². The first-order chi connectivity index (χ1) is 12.9. The quantitative estimate of drug-likeness (QED) is 0.755. The van der Waals surface area contributed by atoms with Crippen molar-refractivity contribution in [2.45, 2.75) is 43.5 Å². The molecule has 1 saturated carbocycles. The Balaban J connectivity index is 1.49. The van der Waals surface area contributed by atoms with Gasteiger partial charge in [-0.25, -0.2) is 12.8 Å². The van der Waals surface area contributed by atoms with Crippen LogP contribution in [0.2, 0.25) is 0 Å². The van der Waals surface area contributed by atoms with Crippen LogP contribution in [0.4, 0.5) is 4.39 Å². The van der Waals surface area contributed by atoms with Crippen LogP contribution in [0.1, 0.15) is 32.6 Å². The van der Waals surface area contributed by atoms with Gasteiger partial charge in [0.2, 0.25) is 10.0 Å². The van der Waals surface area contributed by atoms with Crippen molar-refractivity contribution in [2.24, 2.45) is 5.92 Å². The van der Waals surface area contributed by atoms with E-state index < -0.39 is 15.8 Å². The molecule has 2 fully saturated rings. The number of carbonyl (C=O) groups is 1. The number of benzene rings is 1. The molecular formula is C19H29FN3O3S+. The zero-order chi connectivity index (χ0) is 19.4. The van der Waals surface area contributed by atoms with Crippen molar-refractivity contribution in [3.8, 4) is 0 Å². The summed E-state index contributed by atoms with van der Waals surface area (Å²) < 4.78 is 40.4. The first-order valence-electron chi connectivity index (χ1n) is 9.74. The van der Waals surface area contributed by atoms with E-state index >= 15 is 0 Å². The molecule has 0 spiro atoms. The second kappa shape index (κ2) is 8.67. The number of rotatable bonds is 5. The van der Waals surface area contributed by atoms with Crippen LogP contribution in [0.25, 0.3) is 0 Å². The highest BCUT2D eigenvalue weighted by Gasteiger charge is 2.33. The van der Waals surface area contributed by atoms with Crippen molar-refractivity contribution in [2.75, 3.05) is 32.7 Å². The second-order valence-corrected chi connectivity index (χ2v) is 9.69. The van der Waals surface area contributed by atoms with Crippen LogP contribution in [0.5, 0.6) is 0 Å². The molecule has 1 amide bonds. The van der Waals surface area contributed by atoms with Gasteiger partial charge in [-0.3, -0.25) is 4.79 Å². The Labute approximate surface area is 160 Å². The summed E-state index contributed by atoms with van der Waals surface area (Å²) >= 11 is 0. The first kappa shape index (κ1) is 20.2. The molecule has 27 heavy (non-hydrogen) atoms. The van der Waals surface area contributed by atoms with Gasteiger partial charge in [-0.05, 0) is 43.7 Å². The van der Waals surface area contributed by atoms with Gasteiger partial charge in [0.25, 0.3) is 5.91 Å². The number of amides is 1. The molecule has 2 N–H and O–H groups in total. The number of halogens is 1. The standard InChI is InChI=1S/C19H28FN3O3S/c1-15-6-8-16(9-7-15)21-19(24)14-22-10-12-23(13-11-22)27(25,26)18-5-3-2-4-17(18)20/h2-5,15-16H,6-14H2,1H3,(H,21,24)/p+1. The lowest BCUT2D eigenvalue weighted by molar-refractivity contribution is -0.895. The number of quaternary nitrogens is 1. The average molecular weight is 399 g/mol. The normalized spacial score (nSPS) is 25.3. The predicted octanol–water partition coefficient (Wildman–Crippen LogP) is 0.410. The van der Waals surface area contributed by atoms with Crippen molar-refractivity contribution < 1.29 is 22.5 Å². The third kappa shape index (κ3) is 5.06. The van der Waals surface area contributed by atoms with E-state index in [1.54, 1.807) is 0 Å². The fourth-order valence-electron chi connectivity index (χ4n) is 3.92. The van der Waals surface area contributed by atoms with E-state index in [1.807, 2.05) is 0 Å². The highest BCUT2D eigenvalue weighted by Crippen LogP contribution is 2.23. The van der Waals surface area contributed by atoms with Gasteiger partial charge in [-0.15, -0.1) is 0 Å². The van der Waals surface area contributed by atoms with Crippen LogP contribution < -0.4 is 10.2 Å². The van der Waals surface area contributed by atoms with Crippen molar-refractivity contribution in [3.05, 3.63) is 30.1 Å². The molecule has 0 radical (unpaired) electrons. The monoisotopic (exact) mass is 398 g/mol. The molecule has 150 valence electrons. The molecule has 1 aromatic rings. The van der Waals surface area contributed by atoms with E-state index in [9.17, 15) is 17.6 Å². The molecule has 1 heterocycles. The first-order valence-corrected chi connectivity index (χ1v) is 11.2. The summed E-state index contributed by atoms with van der Waals surface area (Å²) in [6, 6.07) is 5.72. The van der Waals surface area contributed by atoms with E-state index in [1.165, 1.54) is 22.5 Å². The number of carbonyl (C=O) groups excluding carboxylic acids is 1. The number of nitrogens with zero attached hydrogens (tertiary/aromatic N) is 1. The van der Waals surface area contributed by atoms with Crippen LogP contribution in [0.3, 0.4) is 0 Å². The lowest BCUT2D eigenvalue weighted by Gasteiger charge is -2.32. The molecule has 1 saturated heterocycles. The van der Waals surface area contributed by atoms with Gasteiger partial charge in [0, 0.05) is 6.04 Å². The highest BCUT2D eigenvalue weighted by atomic mass is 32.2. The van der Waals surface area contributed by atoms with E-state index in [0.29, 0.717) is 32.7 Å². The van der Waals surface area contributed by atoms with Gasteiger partial charge in [0.05, 0.1) is 26.2 Å². The lowest BCUT2D eigenvalue weighted by Crippen LogP contribution is -3.15. The molecule has 1 aliphatic heterocycles. The molecule has 0 aromatic heterocycles. The molecule has 6 nitrogen and oxygen atoms in total. The highest BCUT2D eigenvalue weighted by molar-refractivity contribution is 7.89. The van der Waals surface area contributed by atoms with Gasteiger partial charge < -0.3 is 10.2 Å². The lowest BCUT2D eigenvalue weighted by atomic mass is 9.87. The number of sulfonamides is 1. The van der Waals surface area contributed by atoms with Crippen LogP contribution in [0, 0.1) is 11.7 Å². The van der Waals surface area contributed by atoms with E-state index in [4.69, 9.17) is 0 Å². The summed E-state index contributed by atoms with van der Waals surface area (Å²) in [7, 11) is -3.83. The van der Waals surface area contributed by atoms with Crippen molar-refractivity contribution >= 4 is 15.9 Å². The van der Waals surface area contributed by atoms with Gasteiger partial charge in [-0.2, -0.15) is 4.31 Å². The number of hydrogen-bond donors (Lipinski definition) is 2. The maximum absolute atomic E-state index is 13.9. The fraction of sp³-hybridized carbons (Fsp3) is 0.632. The van der Waals surface area contributed by atoms with Crippen LogP contribution in [-0.4, -0.2) is 57.4 Å². The summed E-state index contributed by atoms with van der Waals surface area (Å²) in [5, 5.41) is 3.12. The SMILES string of the molecule is CC1CCC(NC(=O)C[NH+]2CCN(S(=O)(=O)c3ccccc3F)CC2)CC1. The van der Waals surface area contributed by atoms with Crippen LogP contribution >= 0.6 is 0 Å². The maximum Gasteiger partial charge on any atom is 0.275 e. The Bertz CT molecular complexity index is 755. The summed E-state index contributed by atoms with van der Waals surface area (Å²) in [6.45, 7) is 4.28. The molecule has 1 aromatic carbocycles. The molecule has 1 aliphatic carbocycles. The molecule has 8 heteroatoms. The van der Waals surface area contributed by atoms with Crippen molar-refractivity contribution in [1.82, 2.24) is 9.62 Å². The van der Waals surface area contributed by atoms with Gasteiger partial charge >= 0.3 is 0 Å². The minimum atomic E-state index is -3.83. The zero-order valence-corrected chi connectivity index (χ0v) is 16.6. The molecule has 2 aliphatic rings. The third-order valence-corrected chi connectivity index (χ3v) is 7.61. The Morgan fingerprint density at radius 2 is 1.81 bits per heavy atom. The number of nitrogens with one attached hydrogen (secondary N) is 2. The van der Waals surface area contributed by atoms with Gasteiger partial charge in [0.15, 0.2) is 6.54 Å². The Hall–Kier alpha value is -1.51. The van der Waals surface area contributed by atoms with E-state index in [0.717, 1.165) is 42.6 Å². The molecule has 0 unspecified atom stereocenters. The third-order valence-electron chi connectivity index (χ3n) is 5.68. The summed E-state index contributed by atoms with van der Waals surface area (Å²) in [5.74, 6) is 0.0525. The van der Waals surface area contributed by atoms with Crippen LogP contribution in [0.15, 0.2) is 29.2 Å². The molecule has 0 bridgehead atoms. The topological polar surface area (TPSA) is 70.9 Å². The van der Waals surface area contributed by atoms with E-state index in [-0.39, 0.29) is 16.8 Å². The Morgan fingerprint density at radius 3 is 2.44 bits per heavy atom. The number of piperazine rings is 1. The molecular weight excluding hydrogens is 369 g/mol. The predicted molar refractivity (Wildman–Crippen MR) is 100 cm³/mol.